The molecule has 0 aliphatic carbocycles. The molecule has 0 saturated carbocycles. The minimum Gasteiger partial charge on any atom is -0.378 e. The first-order valence-corrected chi connectivity index (χ1v) is 4.03. The quantitative estimate of drug-likeness (QED) is 0.557. The number of ether oxygens (including phenoxy) is 1. The zero-order valence-corrected chi connectivity index (χ0v) is 7.45. The Morgan fingerprint density at radius 1 is 1.64 bits per heavy atom. The van der Waals surface area contributed by atoms with Crippen LogP contribution in [-0.2, 0) is 4.74 Å². The van der Waals surface area contributed by atoms with E-state index in [1.54, 1.807) is 7.11 Å². The van der Waals surface area contributed by atoms with Crippen LogP contribution >= 0.6 is 0 Å². The fraction of sp³-hybridized carbons (Fsp3) is 0.667. The molecule has 1 aliphatic rings. The molecule has 2 heteroatoms. The molecule has 0 aromatic heterocycles. The van der Waals surface area contributed by atoms with Crippen LogP contribution in [0.5, 0.6) is 0 Å². The summed E-state index contributed by atoms with van der Waals surface area (Å²) in [6.07, 6.45) is 6.52. The number of allylic oxidation sites excluding steroid dienone is 1. The largest absolute Gasteiger partial charge is 0.378 e. The lowest BCUT2D eigenvalue weighted by Gasteiger charge is -2.03. The van der Waals surface area contributed by atoms with Crippen LogP contribution in [0.3, 0.4) is 0 Å². The van der Waals surface area contributed by atoms with Crippen LogP contribution in [0.25, 0.3) is 0 Å². The molecular weight excluding hydrogens is 138 g/mol. The van der Waals surface area contributed by atoms with Crippen LogP contribution < -0.4 is 0 Å². The molecule has 0 saturated heterocycles. The molecular formula is C9H16NO+. The van der Waals surface area contributed by atoms with Crippen molar-refractivity contribution >= 4 is 6.21 Å². The van der Waals surface area contributed by atoms with Gasteiger partial charge in [-0.1, -0.05) is 0 Å². The van der Waals surface area contributed by atoms with E-state index in [0.29, 0.717) is 12.0 Å². The van der Waals surface area contributed by atoms with E-state index in [1.807, 2.05) is 0 Å². The lowest BCUT2D eigenvalue weighted by molar-refractivity contribution is -0.493. The Bertz CT molecular complexity index is 184. The summed E-state index contributed by atoms with van der Waals surface area (Å²) in [7, 11) is 1.74. The molecule has 0 aromatic carbocycles. The average Bonchev–Trinajstić information content (AvgIpc) is 2.36. The maximum Gasteiger partial charge on any atom is 0.178 e. The third-order valence-electron chi connectivity index (χ3n) is 1.89. The molecule has 62 valence electrons. The van der Waals surface area contributed by atoms with Gasteiger partial charge >= 0.3 is 0 Å². The maximum absolute atomic E-state index is 5.06. The second kappa shape index (κ2) is 3.67. The summed E-state index contributed by atoms with van der Waals surface area (Å²) in [6.45, 7) is 5.12. The van der Waals surface area contributed by atoms with E-state index in [1.165, 1.54) is 0 Å². The minimum absolute atomic E-state index is 0.459. The van der Waals surface area contributed by atoms with Crippen molar-refractivity contribution in [3.63, 3.8) is 0 Å². The summed E-state index contributed by atoms with van der Waals surface area (Å²) < 4.78 is 7.26. The fourth-order valence-corrected chi connectivity index (χ4v) is 1.23. The summed E-state index contributed by atoms with van der Waals surface area (Å²) in [5.74, 6) is 0.578. The van der Waals surface area contributed by atoms with E-state index in [4.69, 9.17) is 4.74 Å². The van der Waals surface area contributed by atoms with Crippen molar-refractivity contribution in [1.82, 2.24) is 0 Å². The van der Waals surface area contributed by atoms with Gasteiger partial charge in [0, 0.05) is 14.0 Å². The Labute approximate surface area is 68.2 Å². The molecule has 0 amide bonds. The van der Waals surface area contributed by atoms with Crippen molar-refractivity contribution in [2.45, 2.75) is 19.9 Å². The van der Waals surface area contributed by atoms with Crippen LogP contribution in [0.1, 0.15) is 13.8 Å². The first-order valence-electron chi connectivity index (χ1n) is 4.03. The molecule has 1 rings (SSSR count). The zero-order chi connectivity index (χ0) is 8.27. The molecule has 0 bridgehead atoms. The topological polar surface area (TPSA) is 12.2 Å². The molecule has 11 heavy (non-hydrogen) atoms. The van der Waals surface area contributed by atoms with Crippen molar-refractivity contribution in [1.29, 1.82) is 0 Å². The minimum atomic E-state index is 0.459. The van der Waals surface area contributed by atoms with Gasteiger partial charge in [-0.25, -0.2) is 4.58 Å². The third-order valence-corrected chi connectivity index (χ3v) is 1.89. The van der Waals surface area contributed by atoms with Crippen LogP contribution in [0.2, 0.25) is 0 Å². The highest BCUT2D eigenvalue weighted by Gasteiger charge is 2.17. The predicted molar refractivity (Wildman–Crippen MR) is 46.0 cm³/mol. The van der Waals surface area contributed by atoms with Gasteiger partial charge < -0.3 is 4.74 Å². The molecule has 0 radical (unpaired) electrons. The lowest BCUT2D eigenvalue weighted by atomic mass is 10.2. The maximum atomic E-state index is 5.06. The first-order chi connectivity index (χ1) is 5.24. The van der Waals surface area contributed by atoms with E-state index >= 15 is 0 Å². The Morgan fingerprint density at radius 2 is 2.36 bits per heavy atom. The summed E-state index contributed by atoms with van der Waals surface area (Å²) in [4.78, 5) is 0. The SMILES string of the molecule is COC[C@H](C)[N+]1=C[C@@H](C)C=C1. The molecule has 0 fully saturated rings. The number of methoxy groups -OCH3 is 1. The van der Waals surface area contributed by atoms with Gasteiger partial charge in [0.1, 0.15) is 6.61 Å². The molecule has 0 N–H and O–H groups in total. The number of hydrogen-bond donors (Lipinski definition) is 0. The summed E-state index contributed by atoms with van der Waals surface area (Å²) in [5.41, 5.74) is 0. The second-order valence-electron chi connectivity index (χ2n) is 3.10. The standard InChI is InChI=1S/C9H16NO/c1-8-4-5-10(6-8)9(2)7-11-3/h4-6,8-9H,7H2,1-3H3/q+1/t8-,9-/m0/s1. The highest BCUT2D eigenvalue weighted by Crippen LogP contribution is 2.04. The van der Waals surface area contributed by atoms with Crippen LogP contribution in [-0.4, -0.2) is 30.5 Å². The zero-order valence-electron chi connectivity index (χ0n) is 7.45. The van der Waals surface area contributed by atoms with Gasteiger partial charge in [-0.15, -0.1) is 0 Å². The van der Waals surface area contributed by atoms with Gasteiger partial charge in [-0.3, -0.25) is 0 Å². The summed E-state index contributed by atoms with van der Waals surface area (Å²) >= 11 is 0. The smallest absolute Gasteiger partial charge is 0.178 e. The summed E-state index contributed by atoms with van der Waals surface area (Å²) in [6, 6.07) is 0.459. The average molecular weight is 154 g/mol. The van der Waals surface area contributed by atoms with Crippen molar-refractivity contribution in [2.75, 3.05) is 13.7 Å². The normalized spacial score (nSPS) is 25.4. The predicted octanol–water partition coefficient (Wildman–Crippen LogP) is 1.27. The van der Waals surface area contributed by atoms with Crippen molar-refractivity contribution in [3.8, 4) is 0 Å². The Hall–Kier alpha value is -0.630. The molecule has 2 atom stereocenters. The third kappa shape index (κ3) is 2.15. The van der Waals surface area contributed by atoms with Gasteiger partial charge in [0.25, 0.3) is 0 Å². The lowest BCUT2D eigenvalue weighted by Crippen LogP contribution is -2.23. The highest BCUT2D eigenvalue weighted by molar-refractivity contribution is 5.59. The molecule has 1 heterocycles. The molecule has 0 spiro atoms. The number of hydrogen-bond acceptors (Lipinski definition) is 1. The Morgan fingerprint density at radius 3 is 2.82 bits per heavy atom. The van der Waals surface area contributed by atoms with E-state index in [2.05, 4.69) is 36.9 Å². The van der Waals surface area contributed by atoms with E-state index in [-0.39, 0.29) is 0 Å². The van der Waals surface area contributed by atoms with Crippen molar-refractivity contribution < 1.29 is 9.31 Å². The van der Waals surface area contributed by atoms with E-state index in [9.17, 15) is 0 Å². The Kier molecular flexibility index (Phi) is 2.83. The van der Waals surface area contributed by atoms with E-state index in [0.717, 1.165) is 6.61 Å². The highest BCUT2D eigenvalue weighted by atomic mass is 16.5. The van der Waals surface area contributed by atoms with Gasteiger partial charge in [0.05, 0.1) is 5.92 Å². The van der Waals surface area contributed by atoms with Gasteiger partial charge in [0.2, 0.25) is 0 Å². The van der Waals surface area contributed by atoms with Crippen LogP contribution in [0, 0.1) is 5.92 Å². The number of nitrogens with zero attached hydrogens (tertiary/aromatic N) is 1. The molecule has 1 aliphatic heterocycles. The van der Waals surface area contributed by atoms with Crippen molar-refractivity contribution in [3.05, 3.63) is 12.3 Å². The van der Waals surface area contributed by atoms with Crippen LogP contribution in [0.15, 0.2) is 12.3 Å². The van der Waals surface area contributed by atoms with E-state index < -0.39 is 0 Å². The molecule has 0 aromatic rings. The summed E-state index contributed by atoms with van der Waals surface area (Å²) in [5, 5.41) is 0. The Balaban J connectivity index is 2.48. The molecule has 0 unspecified atom stereocenters. The fourth-order valence-electron chi connectivity index (χ4n) is 1.23. The monoisotopic (exact) mass is 154 g/mol. The van der Waals surface area contributed by atoms with Crippen molar-refractivity contribution in [2.24, 2.45) is 5.92 Å². The second-order valence-corrected chi connectivity index (χ2v) is 3.10. The van der Waals surface area contributed by atoms with Gasteiger partial charge in [-0.2, -0.15) is 0 Å². The van der Waals surface area contributed by atoms with Gasteiger partial charge in [-0.05, 0) is 13.0 Å². The van der Waals surface area contributed by atoms with Gasteiger partial charge in [0.15, 0.2) is 18.5 Å². The first kappa shape index (κ1) is 8.47. The van der Waals surface area contributed by atoms with Crippen LogP contribution in [0.4, 0.5) is 0 Å². The number of rotatable bonds is 3. The molecule has 2 nitrogen and oxygen atoms in total.